The number of anilines is 1. The summed E-state index contributed by atoms with van der Waals surface area (Å²) >= 11 is 0. The summed E-state index contributed by atoms with van der Waals surface area (Å²) in [6, 6.07) is 14.6. The average molecular weight is 485 g/mol. The van der Waals surface area contributed by atoms with Crippen molar-refractivity contribution >= 4 is 35.0 Å². The summed E-state index contributed by atoms with van der Waals surface area (Å²) in [5.74, 6) is -2.86. The van der Waals surface area contributed by atoms with E-state index in [1.807, 2.05) is 32.9 Å². The summed E-state index contributed by atoms with van der Waals surface area (Å²) in [5.41, 5.74) is 4.01. The molecule has 36 heavy (non-hydrogen) atoms. The summed E-state index contributed by atoms with van der Waals surface area (Å²) < 4.78 is 5.08. The number of carbonyl (C=O) groups excluding carboxylic acids is 5. The monoisotopic (exact) mass is 484 g/mol. The van der Waals surface area contributed by atoms with Gasteiger partial charge in [-0.05, 0) is 38.0 Å². The van der Waals surface area contributed by atoms with Gasteiger partial charge in [0.15, 0.2) is 18.2 Å². The van der Waals surface area contributed by atoms with Gasteiger partial charge in [-0.3, -0.25) is 19.2 Å². The number of rotatable bonds is 6. The van der Waals surface area contributed by atoms with Crippen LogP contribution in [0.4, 0.5) is 5.69 Å². The van der Waals surface area contributed by atoms with Crippen molar-refractivity contribution in [1.82, 2.24) is 5.32 Å². The zero-order chi connectivity index (χ0) is 26.0. The van der Waals surface area contributed by atoms with Gasteiger partial charge in [0.05, 0.1) is 12.1 Å². The van der Waals surface area contributed by atoms with E-state index in [9.17, 15) is 24.0 Å². The van der Waals surface area contributed by atoms with Crippen LogP contribution in [0.25, 0.3) is 0 Å². The predicted octanol–water partition coefficient (Wildman–Crippen LogP) is 3.30. The Morgan fingerprint density at radius 2 is 1.39 bits per heavy atom. The van der Waals surface area contributed by atoms with E-state index in [4.69, 9.17) is 4.74 Å². The molecule has 2 N–H and O–H groups in total. The molecule has 8 nitrogen and oxygen atoms in total. The highest BCUT2D eigenvalue weighted by Crippen LogP contribution is 2.29. The molecule has 4 rings (SSSR count). The van der Waals surface area contributed by atoms with Crippen LogP contribution >= 0.6 is 0 Å². The van der Waals surface area contributed by atoms with E-state index in [-0.39, 0.29) is 40.1 Å². The summed E-state index contributed by atoms with van der Waals surface area (Å²) in [6.45, 7) is 4.76. The Balaban J connectivity index is 1.37. The third-order valence-electron chi connectivity index (χ3n) is 5.89. The summed E-state index contributed by atoms with van der Waals surface area (Å²) in [7, 11) is 0. The van der Waals surface area contributed by atoms with Crippen LogP contribution in [0.2, 0.25) is 0 Å². The Morgan fingerprint density at radius 3 is 2.06 bits per heavy atom. The number of carbonyl (C=O) groups is 5. The highest BCUT2D eigenvalue weighted by atomic mass is 16.5. The molecule has 0 atom stereocenters. The molecule has 0 saturated heterocycles. The zero-order valence-electron chi connectivity index (χ0n) is 20.1. The van der Waals surface area contributed by atoms with Gasteiger partial charge in [0.1, 0.15) is 0 Å². The second kappa shape index (κ2) is 9.95. The number of ether oxygens (including phenoxy) is 1. The van der Waals surface area contributed by atoms with E-state index in [2.05, 4.69) is 10.6 Å². The van der Waals surface area contributed by atoms with E-state index in [1.54, 1.807) is 18.2 Å². The minimum Gasteiger partial charge on any atom is -0.452 e. The molecule has 1 aliphatic carbocycles. The van der Waals surface area contributed by atoms with Crippen LogP contribution in [0.5, 0.6) is 0 Å². The summed E-state index contributed by atoms with van der Waals surface area (Å²) in [4.78, 5) is 63.1. The molecule has 0 aromatic heterocycles. The number of nitrogens with one attached hydrogen (secondary N) is 2. The highest BCUT2D eigenvalue weighted by molar-refractivity contribution is 6.30. The maximum absolute atomic E-state index is 13.0. The summed E-state index contributed by atoms with van der Waals surface area (Å²) in [5, 5.41) is 5.17. The number of amides is 2. The molecule has 3 aromatic carbocycles. The van der Waals surface area contributed by atoms with E-state index in [0.29, 0.717) is 5.69 Å². The van der Waals surface area contributed by atoms with Crippen molar-refractivity contribution in [2.24, 2.45) is 0 Å². The molecule has 0 fully saturated rings. The van der Waals surface area contributed by atoms with Gasteiger partial charge in [0, 0.05) is 27.9 Å². The first-order valence-electron chi connectivity index (χ1n) is 11.3. The predicted molar refractivity (Wildman–Crippen MR) is 132 cm³/mol. The summed E-state index contributed by atoms with van der Waals surface area (Å²) in [6.07, 6.45) is 0. The van der Waals surface area contributed by atoms with Crippen LogP contribution in [-0.4, -0.2) is 42.5 Å². The lowest BCUT2D eigenvalue weighted by atomic mass is 9.82. The first-order chi connectivity index (χ1) is 17.2. The first kappa shape index (κ1) is 24.5. The van der Waals surface area contributed by atoms with Crippen LogP contribution in [0, 0.1) is 20.8 Å². The van der Waals surface area contributed by atoms with E-state index >= 15 is 0 Å². The molecule has 0 radical (unpaired) electrons. The van der Waals surface area contributed by atoms with Crippen molar-refractivity contribution in [3.05, 3.63) is 99.1 Å². The van der Waals surface area contributed by atoms with Crippen LogP contribution in [-0.2, 0) is 14.3 Å². The topological polar surface area (TPSA) is 119 Å². The van der Waals surface area contributed by atoms with Crippen LogP contribution in [0.15, 0.2) is 54.6 Å². The number of aryl methyl sites for hydroxylation is 3. The number of fused-ring (bicyclic) bond motifs is 2. The minimum atomic E-state index is -0.919. The Morgan fingerprint density at radius 1 is 0.778 bits per heavy atom. The molecule has 3 aromatic rings. The number of hydrogen-bond acceptors (Lipinski definition) is 6. The normalized spacial score (nSPS) is 11.9. The van der Waals surface area contributed by atoms with Crippen molar-refractivity contribution in [1.29, 1.82) is 0 Å². The third-order valence-corrected chi connectivity index (χ3v) is 5.89. The molecule has 1 aliphatic rings. The maximum atomic E-state index is 13.0. The van der Waals surface area contributed by atoms with Crippen molar-refractivity contribution in [3.63, 3.8) is 0 Å². The maximum Gasteiger partial charge on any atom is 0.339 e. The van der Waals surface area contributed by atoms with E-state index < -0.39 is 30.2 Å². The lowest BCUT2D eigenvalue weighted by Gasteiger charge is -2.19. The Bertz CT molecular complexity index is 1420. The Kier molecular flexibility index (Phi) is 6.78. The van der Waals surface area contributed by atoms with E-state index in [0.717, 1.165) is 16.7 Å². The zero-order valence-corrected chi connectivity index (χ0v) is 20.1. The van der Waals surface area contributed by atoms with E-state index in [1.165, 1.54) is 24.3 Å². The molecule has 8 heteroatoms. The molecular weight excluding hydrogens is 460 g/mol. The Hall–Kier alpha value is -4.59. The van der Waals surface area contributed by atoms with Crippen LogP contribution in [0.1, 0.15) is 58.9 Å². The quantitative estimate of drug-likeness (QED) is 0.406. The molecular formula is C28H24N2O6. The smallest absolute Gasteiger partial charge is 0.339 e. The van der Waals surface area contributed by atoms with Crippen molar-refractivity contribution in [3.8, 4) is 0 Å². The fraction of sp³-hybridized carbons (Fsp3) is 0.179. The Labute approximate surface area is 207 Å². The number of benzene rings is 3. The van der Waals surface area contributed by atoms with Crippen molar-refractivity contribution in [2.75, 3.05) is 18.5 Å². The van der Waals surface area contributed by atoms with Crippen LogP contribution in [0.3, 0.4) is 0 Å². The SMILES string of the molecule is Cc1cc(C)c(NC(=O)CNC(=O)COC(=O)c2cccc3c2C(=O)c2ccccc2C3=O)c(C)c1. The second-order valence-electron chi connectivity index (χ2n) is 8.61. The third kappa shape index (κ3) is 4.79. The molecule has 2 amide bonds. The molecule has 182 valence electrons. The fourth-order valence-electron chi connectivity index (χ4n) is 4.31. The van der Waals surface area contributed by atoms with Gasteiger partial charge in [-0.15, -0.1) is 0 Å². The highest BCUT2D eigenvalue weighted by Gasteiger charge is 2.33. The van der Waals surface area contributed by atoms with Gasteiger partial charge in [-0.1, -0.05) is 54.1 Å². The van der Waals surface area contributed by atoms with Gasteiger partial charge >= 0.3 is 5.97 Å². The number of ketones is 2. The molecule has 0 spiro atoms. The molecule has 0 saturated carbocycles. The first-order valence-corrected chi connectivity index (χ1v) is 11.3. The van der Waals surface area contributed by atoms with Gasteiger partial charge in [0.2, 0.25) is 5.91 Å². The lowest BCUT2D eigenvalue weighted by molar-refractivity contribution is -0.126. The number of esters is 1. The minimum absolute atomic E-state index is 0.0465. The fourth-order valence-corrected chi connectivity index (χ4v) is 4.31. The molecule has 0 bridgehead atoms. The standard InChI is InChI=1S/C28H24N2O6/c1-15-11-16(2)25(17(3)12-15)30-22(31)13-29-23(32)14-36-28(35)21-10-6-9-20-24(21)27(34)19-8-5-4-7-18(19)26(20)33/h4-12H,13-14H2,1-3H3,(H,29,32)(H,30,31). The number of hydrogen-bond donors (Lipinski definition) is 2. The molecule has 0 heterocycles. The van der Waals surface area contributed by atoms with Crippen molar-refractivity contribution < 1.29 is 28.7 Å². The second-order valence-corrected chi connectivity index (χ2v) is 8.61. The molecule has 0 unspecified atom stereocenters. The van der Waals surface area contributed by atoms with Crippen molar-refractivity contribution in [2.45, 2.75) is 20.8 Å². The molecule has 0 aliphatic heterocycles. The van der Waals surface area contributed by atoms with Gasteiger partial charge in [0.25, 0.3) is 5.91 Å². The van der Waals surface area contributed by atoms with Gasteiger partial charge in [-0.25, -0.2) is 4.79 Å². The average Bonchev–Trinajstić information content (AvgIpc) is 2.86. The van der Waals surface area contributed by atoms with Gasteiger partial charge < -0.3 is 15.4 Å². The van der Waals surface area contributed by atoms with Gasteiger partial charge in [-0.2, -0.15) is 0 Å². The van der Waals surface area contributed by atoms with Crippen LogP contribution < -0.4 is 10.6 Å². The lowest BCUT2D eigenvalue weighted by Crippen LogP contribution is -2.36. The largest absolute Gasteiger partial charge is 0.452 e.